The lowest BCUT2D eigenvalue weighted by molar-refractivity contribution is 0.249. The Hall–Kier alpha value is -1.98. The second-order valence-electron chi connectivity index (χ2n) is 3.56. The SMILES string of the molecule is NC(=O)N/N=C/c1ccc(-c2cc(Cl)ccc2Cl)o1. The molecule has 7 heteroatoms. The summed E-state index contributed by atoms with van der Waals surface area (Å²) in [4.78, 5) is 10.4. The molecule has 19 heavy (non-hydrogen) atoms. The summed E-state index contributed by atoms with van der Waals surface area (Å²) in [5.74, 6) is 0.993. The molecule has 0 radical (unpaired) electrons. The van der Waals surface area contributed by atoms with Crippen LogP contribution in [0.4, 0.5) is 4.79 Å². The predicted octanol–water partition coefficient (Wildman–Crippen LogP) is 3.26. The van der Waals surface area contributed by atoms with Gasteiger partial charge in [0, 0.05) is 10.6 Å². The van der Waals surface area contributed by atoms with E-state index in [-0.39, 0.29) is 0 Å². The molecule has 0 atom stereocenters. The van der Waals surface area contributed by atoms with Crippen LogP contribution in [-0.2, 0) is 0 Å². The lowest BCUT2D eigenvalue weighted by Crippen LogP contribution is -2.24. The van der Waals surface area contributed by atoms with E-state index in [1.807, 2.05) is 0 Å². The number of carbonyl (C=O) groups is 1. The molecule has 0 aliphatic carbocycles. The van der Waals surface area contributed by atoms with E-state index in [1.165, 1.54) is 6.21 Å². The standard InChI is InChI=1S/C12H9Cl2N3O2/c13-7-1-3-10(14)9(5-7)11-4-2-8(19-11)6-16-17-12(15)18/h1-6H,(H3,15,17,18)/b16-6+. The predicted molar refractivity (Wildman–Crippen MR) is 74.5 cm³/mol. The molecule has 0 fully saturated rings. The molecule has 1 aromatic heterocycles. The van der Waals surface area contributed by atoms with E-state index < -0.39 is 6.03 Å². The second-order valence-corrected chi connectivity index (χ2v) is 4.40. The Morgan fingerprint density at radius 3 is 2.84 bits per heavy atom. The lowest BCUT2D eigenvalue weighted by atomic mass is 10.2. The molecule has 2 aromatic rings. The minimum atomic E-state index is -0.749. The molecule has 1 heterocycles. The maximum Gasteiger partial charge on any atom is 0.332 e. The molecule has 98 valence electrons. The molecule has 0 aliphatic rings. The van der Waals surface area contributed by atoms with E-state index >= 15 is 0 Å². The summed E-state index contributed by atoms with van der Waals surface area (Å²) in [5.41, 5.74) is 7.60. The number of carbonyl (C=O) groups excluding carboxylic acids is 1. The summed E-state index contributed by atoms with van der Waals surface area (Å²) < 4.78 is 5.50. The van der Waals surface area contributed by atoms with E-state index in [4.69, 9.17) is 33.4 Å². The monoisotopic (exact) mass is 297 g/mol. The quantitative estimate of drug-likeness (QED) is 0.673. The van der Waals surface area contributed by atoms with Gasteiger partial charge in [-0.05, 0) is 30.3 Å². The molecule has 5 nitrogen and oxygen atoms in total. The number of hydrogen-bond donors (Lipinski definition) is 2. The molecule has 0 spiro atoms. The average Bonchev–Trinajstić information content (AvgIpc) is 2.80. The van der Waals surface area contributed by atoms with Crippen LogP contribution in [0.5, 0.6) is 0 Å². The topological polar surface area (TPSA) is 80.6 Å². The van der Waals surface area contributed by atoms with Crippen molar-refractivity contribution in [1.29, 1.82) is 0 Å². The molecule has 1 aromatic carbocycles. The fourth-order valence-electron chi connectivity index (χ4n) is 1.41. The van der Waals surface area contributed by atoms with Gasteiger partial charge in [0.05, 0.1) is 11.2 Å². The van der Waals surface area contributed by atoms with Gasteiger partial charge in [0.1, 0.15) is 11.5 Å². The van der Waals surface area contributed by atoms with Gasteiger partial charge in [0.15, 0.2) is 0 Å². The van der Waals surface area contributed by atoms with Crippen LogP contribution in [0.2, 0.25) is 10.0 Å². The summed E-state index contributed by atoms with van der Waals surface area (Å²) in [6.45, 7) is 0. The first kappa shape index (κ1) is 13.5. The number of rotatable bonds is 3. The lowest BCUT2D eigenvalue weighted by Gasteiger charge is -2.00. The van der Waals surface area contributed by atoms with E-state index in [1.54, 1.807) is 30.3 Å². The number of nitrogens with one attached hydrogen (secondary N) is 1. The highest BCUT2D eigenvalue weighted by molar-refractivity contribution is 6.35. The molecule has 0 unspecified atom stereocenters. The zero-order valence-corrected chi connectivity index (χ0v) is 11.1. The Balaban J connectivity index is 2.23. The first-order valence-electron chi connectivity index (χ1n) is 5.20. The molecule has 0 aliphatic heterocycles. The van der Waals surface area contributed by atoms with E-state index in [0.717, 1.165) is 0 Å². The largest absolute Gasteiger partial charge is 0.455 e. The molecule has 2 amide bonds. The van der Waals surface area contributed by atoms with Gasteiger partial charge < -0.3 is 10.2 Å². The minimum absolute atomic E-state index is 0.444. The highest BCUT2D eigenvalue weighted by Crippen LogP contribution is 2.31. The van der Waals surface area contributed by atoms with Crippen LogP contribution < -0.4 is 11.2 Å². The number of amides is 2. The number of hydrogen-bond acceptors (Lipinski definition) is 3. The van der Waals surface area contributed by atoms with E-state index in [9.17, 15) is 4.79 Å². The van der Waals surface area contributed by atoms with Crippen molar-refractivity contribution in [2.75, 3.05) is 0 Å². The van der Waals surface area contributed by atoms with Gasteiger partial charge in [-0.3, -0.25) is 0 Å². The molecule has 3 N–H and O–H groups in total. The average molecular weight is 298 g/mol. The van der Waals surface area contributed by atoms with Crippen LogP contribution >= 0.6 is 23.2 Å². The molecule has 0 saturated carbocycles. The smallest absolute Gasteiger partial charge is 0.332 e. The van der Waals surface area contributed by atoms with Gasteiger partial charge in [-0.2, -0.15) is 5.10 Å². The number of benzene rings is 1. The van der Waals surface area contributed by atoms with Crippen LogP contribution in [0.15, 0.2) is 39.9 Å². The maximum absolute atomic E-state index is 10.4. The molecular weight excluding hydrogens is 289 g/mol. The zero-order valence-electron chi connectivity index (χ0n) is 9.56. The number of hydrazone groups is 1. The third-order valence-electron chi connectivity index (χ3n) is 2.19. The Bertz CT molecular complexity index is 638. The number of nitrogens with zero attached hydrogens (tertiary/aromatic N) is 1. The summed E-state index contributed by atoms with van der Waals surface area (Å²) in [6, 6.07) is 7.73. The van der Waals surface area contributed by atoms with Crippen molar-refractivity contribution in [1.82, 2.24) is 5.43 Å². The molecule has 0 bridgehead atoms. The minimum Gasteiger partial charge on any atom is -0.455 e. The van der Waals surface area contributed by atoms with Crippen LogP contribution in [0, 0.1) is 0 Å². The van der Waals surface area contributed by atoms with E-state index in [0.29, 0.717) is 27.1 Å². The Morgan fingerprint density at radius 2 is 2.11 bits per heavy atom. The van der Waals surface area contributed by atoms with Crippen LogP contribution in [0.25, 0.3) is 11.3 Å². The third-order valence-corrected chi connectivity index (χ3v) is 2.75. The fraction of sp³-hybridized carbons (Fsp3) is 0. The van der Waals surface area contributed by atoms with Crippen LogP contribution in [0.1, 0.15) is 5.76 Å². The number of nitrogens with two attached hydrogens (primary N) is 1. The number of primary amides is 1. The van der Waals surface area contributed by atoms with Crippen molar-refractivity contribution in [3.63, 3.8) is 0 Å². The van der Waals surface area contributed by atoms with Crippen LogP contribution in [-0.4, -0.2) is 12.2 Å². The van der Waals surface area contributed by atoms with Gasteiger partial charge in [0.2, 0.25) is 0 Å². The van der Waals surface area contributed by atoms with Gasteiger partial charge >= 0.3 is 6.03 Å². The van der Waals surface area contributed by atoms with E-state index in [2.05, 4.69) is 10.5 Å². The Morgan fingerprint density at radius 1 is 1.32 bits per heavy atom. The normalized spacial score (nSPS) is 10.8. The highest BCUT2D eigenvalue weighted by atomic mass is 35.5. The van der Waals surface area contributed by atoms with Crippen molar-refractivity contribution >= 4 is 35.4 Å². The summed E-state index contributed by atoms with van der Waals surface area (Å²) >= 11 is 12.0. The van der Waals surface area contributed by atoms with Gasteiger partial charge in [-0.1, -0.05) is 23.2 Å². The number of urea groups is 1. The van der Waals surface area contributed by atoms with Crippen molar-refractivity contribution in [3.05, 3.63) is 46.1 Å². The highest BCUT2D eigenvalue weighted by Gasteiger charge is 2.08. The molecule has 2 rings (SSSR count). The number of halogens is 2. The second kappa shape index (κ2) is 5.77. The summed E-state index contributed by atoms with van der Waals surface area (Å²) in [6.07, 6.45) is 1.33. The van der Waals surface area contributed by atoms with Crippen LogP contribution in [0.3, 0.4) is 0 Å². The maximum atomic E-state index is 10.4. The van der Waals surface area contributed by atoms with Crippen molar-refractivity contribution in [2.45, 2.75) is 0 Å². The first-order chi connectivity index (χ1) is 9.06. The fourth-order valence-corrected chi connectivity index (χ4v) is 1.80. The van der Waals surface area contributed by atoms with Crippen molar-refractivity contribution < 1.29 is 9.21 Å². The van der Waals surface area contributed by atoms with Crippen molar-refractivity contribution in [2.24, 2.45) is 10.8 Å². The number of furan rings is 1. The zero-order chi connectivity index (χ0) is 13.8. The molecular formula is C12H9Cl2N3O2. The summed E-state index contributed by atoms with van der Waals surface area (Å²) in [7, 11) is 0. The van der Waals surface area contributed by atoms with Gasteiger partial charge in [-0.25, -0.2) is 10.2 Å². The van der Waals surface area contributed by atoms with Gasteiger partial charge in [-0.15, -0.1) is 0 Å². The van der Waals surface area contributed by atoms with Gasteiger partial charge in [0.25, 0.3) is 0 Å². The third kappa shape index (κ3) is 3.49. The first-order valence-corrected chi connectivity index (χ1v) is 5.95. The Labute approximate surface area is 119 Å². The summed E-state index contributed by atoms with van der Waals surface area (Å²) in [5, 5.41) is 4.67. The Kier molecular flexibility index (Phi) is 4.09. The van der Waals surface area contributed by atoms with Crippen molar-refractivity contribution in [3.8, 4) is 11.3 Å². The molecule has 0 saturated heterocycles.